The fraction of sp³-hybridized carbons (Fsp3) is 0.188. The third kappa shape index (κ3) is 2.39. The van der Waals surface area contributed by atoms with Gasteiger partial charge in [0.1, 0.15) is 0 Å². The van der Waals surface area contributed by atoms with Crippen molar-refractivity contribution in [3.05, 3.63) is 42.1 Å². The van der Waals surface area contributed by atoms with E-state index in [1.54, 1.807) is 10.8 Å². The van der Waals surface area contributed by atoms with Crippen LogP contribution in [0.1, 0.15) is 5.69 Å². The van der Waals surface area contributed by atoms with Crippen LogP contribution in [0.15, 0.2) is 36.4 Å². The number of aromatic nitrogens is 3. The van der Waals surface area contributed by atoms with Crippen molar-refractivity contribution in [2.75, 3.05) is 11.9 Å². The lowest BCUT2D eigenvalue weighted by Gasteiger charge is -2.10. The summed E-state index contributed by atoms with van der Waals surface area (Å²) in [4.78, 5) is 15.2. The molecule has 0 aliphatic carbocycles. The summed E-state index contributed by atoms with van der Waals surface area (Å²) in [6.07, 6.45) is 2.71. The van der Waals surface area contributed by atoms with Gasteiger partial charge in [-0.05, 0) is 13.0 Å². The monoisotopic (exact) mass is 296 g/mol. The molecule has 2 N–H and O–H groups in total. The molecular weight excluding hydrogens is 280 g/mol. The van der Waals surface area contributed by atoms with E-state index in [1.807, 2.05) is 38.2 Å². The number of nitrogens with zero attached hydrogens (tertiary/aromatic N) is 3. The first kappa shape index (κ1) is 14.1. The summed E-state index contributed by atoms with van der Waals surface area (Å²) in [5.41, 5.74) is 3.50. The average molecular weight is 296 g/mol. The molecular formula is C16H16N4O2. The third-order valence-corrected chi connectivity index (χ3v) is 3.50. The highest BCUT2D eigenvalue weighted by molar-refractivity contribution is 6.07. The molecule has 3 rings (SSSR count). The first-order chi connectivity index (χ1) is 10.6. The first-order valence-corrected chi connectivity index (χ1v) is 6.93. The molecule has 0 aliphatic heterocycles. The molecule has 0 fully saturated rings. The SMILES string of the molecule is Cc1nn(C)c2nc3ccccc3c(NCC=CC(=O)O)c12. The van der Waals surface area contributed by atoms with Crippen molar-refractivity contribution in [1.82, 2.24) is 14.8 Å². The van der Waals surface area contributed by atoms with Crippen molar-refractivity contribution >= 4 is 33.6 Å². The molecule has 0 amide bonds. The van der Waals surface area contributed by atoms with Crippen LogP contribution in [0.25, 0.3) is 21.9 Å². The van der Waals surface area contributed by atoms with Crippen LogP contribution in [-0.4, -0.2) is 32.4 Å². The van der Waals surface area contributed by atoms with Crippen molar-refractivity contribution in [1.29, 1.82) is 0 Å². The normalized spacial score (nSPS) is 11.5. The van der Waals surface area contributed by atoms with Crippen LogP contribution in [0.4, 0.5) is 5.69 Å². The van der Waals surface area contributed by atoms with E-state index in [0.717, 1.165) is 39.4 Å². The predicted molar refractivity (Wildman–Crippen MR) is 86.0 cm³/mol. The van der Waals surface area contributed by atoms with Crippen LogP contribution in [0.3, 0.4) is 0 Å². The predicted octanol–water partition coefficient (Wildman–Crippen LogP) is 2.48. The second-order valence-electron chi connectivity index (χ2n) is 5.03. The number of nitrogens with one attached hydrogen (secondary N) is 1. The van der Waals surface area contributed by atoms with Gasteiger partial charge in [0.15, 0.2) is 5.65 Å². The van der Waals surface area contributed by atoms with Crippen LogP contribution in [0, 0.1) is 6.92 Å². The number of hydrogen-bond acceptors (Lipinski definition) is 4. The maximum Gasteiger partial charge on any atom is 0.328 e. The molecule has 1 aromatic carbocycles. The van der Waals surface area contributed by atoms with E-state index in [1.165, 1.54) is 0 Å². The summed E-state index contributed by atoms with van der Waals surface area (Å²) in [6, 6.07) is 7.85. The second kappa shape index (κ2) is 5.48. The number of benzene rings is 1. The van der Waals surface area contributed by atoms with Gasteiger partial charge in [0, 0.05) is 25.1 Å². The number of carboxylic acids is 1. The molecule has 0 bridgehead atoms. The molecule has 112 valence electrons. The Labute approximate surface area is 127 Å². The molecule has 6 nitrogen and oxygen atoms in total. The van der Waals surface area contributed by atoms with E-state index in [4.69, 9.17) is 5.11 Å². The van der Waals surface area contributed by atoms with Crippen molar-refractivity contribution in [3.63, 3.8) is 0 Å². The fourth-order valence-corrected chi connectivity index (χ4v) is 2.60. The molecule has 22 heavy (non-hydrogen) atoms. The van der Waals surface area contributed by atoms with E-state index < -0.39 is 5.97 Å². The molecule has 0 saturated heterocycles. The number of hydrogen-bond donors (Lipinski definition) is 2. The molecule has 0 radical (unpaired) electrons. The van der Waals surface area contributed by atoms with Gasteiger partial charge in [0.2, 0.25) is 0 Å². The quantitative estimate of drug-likeness (QED) is 0.723. The number of carbonyl (C=O) groups is 1. The van der Waals surface area contributed by atoms with Gasteiger partial charge in [-0.25, -0.2) is 9.78 Å². The van der Waals surface area contributed by atoms with Gasteiger partial charge in [-0.2, -0.15) is 5.10 Å². The highest BCUT2D eigenvalue weighted by Crippen LogP contribution is 2.32. The molecule has 0 aliphatic rings. The molecule has 3 aromatic rings. The van der Waals surface area contributed by atoms with Gasteiger partial charge in [-0.3, -0.25) is 4.68 Å². The number of anilines is 1. The maximum atomic E-state index is 10.6. The summed E-state index contributed by atoms with van der Waals surface area (Å²) in [5, 5.41) is 18.4. The number of pyridine rings is 1. The lowest BCUT2D eigenvalue weighted by atomic mass is 10.1. The zero-order valence-electron chi connectivity index (χ0n) is 12.4. The second-order valence-corrected chi connectivity index (χ2v) is 5.03. The minimum absolute atomic E-state index is 0.420. The molecule has 0 unspecified atom stereocenters. The molecule has 0 spiro atoms. The summed E-state index contributed by atoms with van der Waals surface area (Å²) in [7, 11) is 1.87. The Morgan fingerprint density at radius 1 is 1.41 bits per heavy atom. The van der Waals surface area contributed by atoms with Gasteiger partial charge < -0.3 is 10.4 Å². The zero-order chi connectivity index (χ0) is 15.7. The topological polar surface area (TPSA) is 80.0 Å². The fourth-order valence-electron chi connectivity index (χ4n) is 2.60. The Balaban J connectivity index is 2.16. The Hall–Kier alpha value is -2.89. The van der Waals surface area contributed by atoms with Crippen molar-refractivity contribution in [3.8, 4) is 0 Å². The van der Waals surface area contributed by atoms with Crippen molar-refractivity contribution in [2.24, 2.45) is 7.05 Å². The number of para-hydroxylation sites is 1. The van der Waals surface area contributed by atoms with E-state index in [-0.39, 0.29) is 0 Å². The first-order valence-electron chi connectivity index (χ1n) is 6.93. The zero-order valence-corrected chi connectivity index (χ0v) is 12.4. The Bertz CT molecular complexity index is 896. The number of carboxylic acid groups (broad SMARTS) is 1. The summed E-state index contributed by atoms with van der Waals surface area (Å²) >= 11 is 0. The van der Waals surface area contributed by atoms with Crippen LogP contribution < -0.4 is 5.32 Å². The van der Waals surface area contributed by atoms with Gasteiger partial charge in [0.25, 0.3) is 0 Å². The maximum absolute atomic E-state index is 10.6. The van der Waals surface area contributed by atoms with Crippen LogP contribution in [0.5, 0.6) is 0 Å². The molecule has 2 heterocycles. The molecule has 0 saturated carbocycles. The Morgan fingerprint density at radius 3 is 2.95 bits per heavy atom. The van der Waals surface area contributed by atoms with Crippen molar-refractivity contribution in [2.45, 2.75) is 6.92 Å². The molecule has 2 aromatic heterocycles. The van der Waals surface area contributed by atoms with E-state index in [9.17, 15) is 4.79 Å². The lowest BCUT2D eigenvalue weighted by Crippen LogP contribution is -2.02. The smallest absolute Gasteiger partial charge is 0.328 e. The third-order valence-electron chi connectivity index (χ3n) is 3.50. The van der Waals surface area contributed by atoms with E-state index >= 15 is 0 Å². The van der Waals surface area contributed by atoms with Gasteiger partial charge >= 0.3 is 5.97 Å². The average Bonchev–Trinajstić information content (AvgIpc) is 2.77. The Morgan fingerprint density at radius 2 is 2.18 bits per heavy atom. The van der Waals surface area contributed by atoms with Gasteiger partial charge in [-0.1, -0.05) is 24.3 Å². The van der Waals surface area contributed by atoms with Crippen LogP contribution >= 0.6 is 0 Å². The van der Waals surface area contributed by atoms with Gasteiger partial charge in [0.05, 0.1) is 22.3 Å². The highest BCUT2D eigenvalue weighted by Gasteiger charge is 2.14. The van der Waals surface area contributed by atoms with Crippen LogP contribution in [0.2, 0.25) is 0 Å². The molecule has 0 atom stereocenters. The minimum atomic E-state index is -0.955. The number of aryl methyl sites for hydroxylation is 2. The van der Waals surface area contributed by atoms with E-state index in [0.29, 0.717) is 6.54 Å². The van der Waals surface area contributed by atoms with Crippen LogP contribution in [-0.2, 0) is 11.8 Å². The van der Waals surface area contributed by atoms with Crippen molar-refractivity contribution < 1.29 is 9.90 Å². The molecule has 6 heteroatoms. The summed E-state index contributed by atoms with van der Waals surface area (Å²) in [6.45, 7) is 2.36. The van der Waals surface area contributed by atoms with E-state index in [2.05, 4.69) is 15.4 Å². The number of fused-ring (bicyclic) bond motifs is 2. The summed E-state index contributed by atoms with van der Waals surface area (Å²) in [5.74, 6) is -0.955. The lowest BCUT2D eigenvalue weighted by molar-refractivity contribution is -0.131. The number of aliphatic carboxylic acids is 1. The summed E-state index contributed by atoms with van der Waals surface area (Å²) < 4.78 is 1.76. The Kier molecular flexibility index (Phi) is 3.50. The largest absolute Gasteiger partial charge is 0.478 e. The van der Waals surface area contributed by atoms with Gasteiger partial charge in [-0.15, -0.1) is 0 Å². The standard InChI is InChI=1S/C16H16N4O2/c1-10-14-15(17-9-5-8-13(21)22)11-6-3-4-7-12(11)18-16(14)20(2)19-10/h3-8H,9H2,1-2H3,(H,17,18)(H,21,22). The highest BCUT2D eigenvalue weighted by atomic mass is 16.4. The minimum Gasteiger partial charge on any atom is -0.478 e. The number of rotatable bonds is 4.